The summed E-state index contributed by atoms with van der Waals surface area (Å²) < 4.78 is 16.4. The fraction of sp³-hybridized carbons (Fsp3) is 0.167. The van der Waals surface area contributed by atoms with Crippen molar-refractivity contribution in [1.29, 1.82) is 0 Å². The average molecular weight is 838 g/mol. The van der Waals surface area contributed by atoms with Crippen LogP contribution < -0.4 is 15.9 Å². The Hall–Kier alpha value is -6.61. The van der Waals surface area contributed by atoms with Crippen molar-refractivity contribution in [2.75, 3.05) is 13.2 Å². The Morgan fingerprint density at radius 1 is 0.661 bits per heavy atom. The summed E-state index contributed by atoms with van der Waals surface area (Å²) in [5, 5.41) is 32.4. The van der Waals surface area contributed by atoms with Crippen LogP contribution in [-0.2, 0) is 41.8 Å². The van der Waals surface area contributed by atoms with Crippen LogP contribution in [0.5, 0.6) is 0 Å². The van der Waals surface area contributed by atoms with Gasteiger partial charge in [-0.05, 0) is 57.7 Å². The molecule has 1 heterocycles. The summed E-state index contributed by atoms with van der Waals surface area (Å²) in [7, 11) is 0. The SMILES string of the molecule is O=C(OCC[C@H]1C(=O)N(C(C(=O)OCc2ccc([N+](=O)[O-])cc2)=P(c2ccccc2)(c2ccccc2)c2ccccc2)[C@@H]1SC(=O)CO)OCc1ccc([N+](=O)[O-])cc1. The third-order valence-electron chi connectivity index (χ3n) is 9.36. The molecule has 1 amide bonds. The second-order valence-electron chi connectivity index (χ2n) is 13.0. The molecule has 15 nitrogen and oxygen atoms in total. The van der Waals surface area contributed by atoms with Gasteiger partial charge < -0.3 is 19.3 Å². The highest BCUT2D eigenvalue weighted by atomic mass is 32.2. The van der Waals surface area contributed by atoms with E-state index in [0.717, 1.165) is 0 Å². The van der Waals surface area contributed by atoms with E-state index in [9.17, 15) is 44.5 Å². The number of nitrogens with zero attached hydrogens (tertiary/aromatic N) is 3. The molecule has 5 aromatic rings. The fourth-order valence-electron chi connectivity index (χ4n) is 6.58. The van der Waals surface area contributed by atoms with E-state index in [1.165, 1.54) is 53.4 Å². The van der Waals surface area contributed by atoms with Gasteiger partial charge in [0.15, 0.2) is 0 Å². The van der Waals surface area contributed by atoms with Crippen LogP contribution in [0.1, 0.15) is 17.5 Å². The van der Waals surface area contributed by atoms with Crippen LogP contribution in [0.4, 0.5) is 16.2 Å². The monoisotopic (exact) mass is 837 g/mol. The quantitative estimate of drug-likeness (QED) is 0.0432. The first-order chi connectivity index (χ1) is 28.5. The molecule has 0 aromatic heterocycles. The van der Waals surface area contributed by atoms with Gasteiger partial charge in [-0.3, -0.25) is 34.7 Å². The Balaban J connectivity index is 1.40. The number of amides is 1. The van der Waals surface area contributed by atoms with Crippen LogP contribution in [0.25, 0.3) is 0 Å². The van der Waals surface area contributed by atoms with Crippen molar-refractivity contribution in [1.82, 2.24) is 4.90 Å². The van der Waals surface area contributed by atoms with Gasteiger partial charge in [-0.1, -0.05) is 103 Å². The minimum absolute atomic E-state index is 0.0454. The number of likely N-dealkylation sites (tertiary alicyclic amines) is 1. The van der Waals surface area contributed by atoms with Gasteiger partial charge in [-0.15, -0.1) is 0 Å². The van der Waals surface area contributed by atoms with Crippen molar-refractivity contribution >= 4 is 74.5 Å². The number of aliphatic hydroxyl groups excluding tert-OH is 1. The highest BCUT2D eigenvalue weighted by Gasteiger charge is 2.54. The molecule has 0 spiro atoms. The number of carbonyl (C=O) groups excluding carboxylic acids is 4. The standard InChI is InChI=1S/C42H36N3O12PS/c46-26-37(47)59-40-36(24-25-55-42(50)57-28-30-18-22-32(23-19-30)45(53)54)38(48)43(40)39(41(49)56-27-29-16-20-31(21-17-29)44(51)52)58(33-10-4-1-5-11-33,34-12-6-2-7-13-34)35-14-8-3-9-15-35/h1-23,36,40,46H,24-28H2/t36-,40+/m0/s1. The Labute approximate surface area is 341 Å². The molecule has 1 fully saturated rings. The van der Waals surface area contributed by atoms with Crippen molar-refractivity contribution in [2.24, 2.45) is 5.92 Å². The van der Waals surface area contributed by atoms with Crippen molar-refractivity contribution in [2.45, 2.75) is 25.0 Å². The zero-order valence-electron chi connectivity index (χ0n) is 31.1. The summed E-state index contributed by atoms with van der Waals surface area (Å²) in [4.78, 5) is 77.5. The lowest BCUT2D eigenvalue weighted by molar-refractivity contribution is -0.385. The van der Waals surface area contributed by atoms with Crippen LogP contribution >= 0.6 is 18.6 Å². The molecular weight excluding hydrogens is 802 g/mol. The Morgan fingerprint density at radius 3 is 1.53 bits per heavy atom. The molecule has 17 heteroatoms. The van der Waals surface area contributed by atoms with Gasteiger partial charge in [0.05, 0.1) is 22.4 Å². The highest BCUT2D eigenvalue weighted by Crippen LogP contribution is 2.51. The summed E-state index contributed by atoms with van der Waals surface area (Å²) in [6, 6.07) is 38.4. The van der Waals surface area contributed by atoms with Crippen LogP contribution in [0.15, 0.2) is 140 Å². The smallest absolute Gasteiger partial charge is 0.456 e. The predicted molar refractivity (Wildman–Crippen MR) is 221 cm³/mol. The van der Waals surface area contributed by atoms with E-state index in [1.807, 2.05) is 91.0 Å². The van der Waals surface area contributed by atoms with Crippen LogP contribution in [-0.4, -0.2) is 67.0 Å². The maximum Gasteiger partial charge on any atom is 0.508 e. The minimum atomic E-state index is -3.40. The topological polar surface area (TPSA) is 206 Å². The molecule has 59 heavy (non-hydrogen) atoms. The lowest BCUT2D eigenvalue weighted by atomic mass is 9.95. The van der Waals surface area contributed by atoms with E-state index in [0.29, 0.717) is 38.8 Å². The molecule has 1 aliphatic heterocycles. The maximum absolute atomic E-state index is 15.0. The number of benzene rings is 5. The molecule has 5 aromatic carbocycles. The number of rotatable bonds is 16. The van der Waals surface area contributed by atoms with Crippen molar-refractivity contribution < 1.29 is 48.3 Å². The van der Waals surface area contributed by atoms with Gasteiger partial charge in [-0.25, -0.2) is 9.59 Å². The van der Waals surface area contributed by atoms with E-state index in [-0.39, 0.29) is 43.0 Å². The van der Waals surface area contributed by atoms with Crippen LogP contribution in [0, 0.1) is 26.1 Å². The highest BCUT2D eigenvalue weighted by molar-refractivity contribution is 8.14. The molecule has 1 saturated heterocycles. The second-order valence-corrected chi connectivity index (χ2v) is 17.4. The zero-order valence-corrected chi connectivity index (χ0v) is 32.8. The summed E-state index contributed by atoms with van der Waals surface area (Å²) in [5.74, 6) is -2.42. The van der Waals surface area contributed by atoms with Gasteiger partial charge in [0, 0.05) is 31.2 Å². The van der Waals surface area contributed by atoms with Gasteiger partial charge in [0.2, 0.25) is 11.0 Å². The summed E-state index contributed by atoms with van der Waals surface area (Å²) in [6.45, 7) is -5.12. The number of aliphatic hydroxyl groups is 1. The third-order valence-corrected chi connectivity index (χ3v) is 14.8. The number of esters is 1. The Morgan fingerprint density at radius 2 is 1.10 bits per heavy atom. The number of hydrogen-bond acceptors (Lipinski definition) is 13. The largest absolute Gasteiger partial charge is 0.508 e. The number of nitro groups is 2. The van der Waals surface area contributed by atoms with E-state index in [2.05, 4.69) is 0 Å². The fourth-order valence-corrected chi connectivity index (χ4v) is 12.1. The van der Waals surface area contributed by atoms with Gasteiger partial charge >= 0.3 is 12.1 Å². The number of β-lactam (4-membered cyclic amide) rings is 1. The zero-order chi connectivity index (χ0) is 41.9. The van der Waals surface area contributed by atoms with Gasteiger partial charge in [0.25, 0.3) is 11.4 Å². The number of non-ortho nitro benzene ring substituents is 2. The molecule has 0 aliphatic carbocycles. The van der Waals surface area contributed by atoms with Crippen LogP contribution in [0.2, 0.25) is 0 Å². The molecule has 0 radical (unpaired) electrons. The first-order valence-corrected chi connectivity index (χ1v) is 20.7. The molecule has 302 valence electrons. The van der Waals surface area contributed by atoms with Crippen molar-refractivity contribution in [3.63, 3.8) is 0 Å². The molecule has 0 unspecified atom stereocenters. The van der Waals surface area contributed by atoms with E-state index >= 15 is 0 Å². The minimum Gasteiger partial charge on any atom is -0.456 e. The molecule has 1 N–H and O–H groups in total. The van der Waals surface area contributed by atoms with Crippen molar-refractivity contribution in [3.8, 4) is 0 Å². The summed E-state index contributed by atoms with van der Waals surface area (Å²) in [6.07, 6.45) is -1.15. The van der Waals surface area contributed by atoms with Gasteiger partial charge in [0.1, 0.15) is 30.6 Å². The molecule has 2 atom stereocenters. The predicted octanol–water partition coefficient (Wildman–Crippen LogP) is 5.45. The van der Waals surface area contributed by atoms with E-state index in [4.69, 9.17) is 14.2 Å². The first kappa shape index (κ1) is 42.0. The molecule has 0 bridgehead atoms. The number of carbonyl (C=O) groups is 4. The van der Waals surface area contributed by atoms with Crippen LogP contribution in [0.3, 0.4) is 0 Å². The normalized spacial score (nSPS) is 14.7. The lowest BCUT2D eigenvalue weighted by Crippen LogP contribution is -2.65. The maximum atomic E-state index is 15.0. The van der Waals surface area contributed by atoms with Gasteiger partial charge in [-0.2, -0.15) is 0 Å². The van der Waals surface area contributed by atoms with Crippen molar-refractivity contribution in [3.05, 3.63) is 171 Å². The number of thioether (sulfide) groups is 1. The average Bonchev–Trinajstić information content (AvgIpc) is 3.27. The molecule has 1 aliphatic rings. The number of ether oxygens (including phenoxy) is 3. The number of nitro benzene ring substituents is 2. The number of hydrogen-bond donors (Lipinski definition) is 1. The third kappa shape index (κ3) is 9.41. The molecular formula is C42H36N3O12PS. The second kappa shape index (κ2) is 19.2. The Kier molecular flexibility index (Phi) is 13.7. The summed E-state index contributed by atoms with van der Waals surface area (Å²) in [5.41, 5.74) is 0.592. The lowest BCUT2D eigenvalue weighted by Gasteiger charge is -2.49. The van der Waals surface area contributed by atoms with E-state index in [1.54, 1.807) is 0 Å². The molecule has 0 saturated carbocycles. The van der Waals surface area contributed by atoms with E-state index < -0.39 is 57.8 Å². The first-order valence-electron chi connectivity index (χ1n) is 18.0. The Bertz CT molecular complexity index is 2280. The summed E-state index contributed by atoms with van der Waals surface area (Å²) >= 11 is 0.664. The molecule has 6 rings (SSSR count).